The van der Waals surface area contributed by atoms with Crippen molar-refractivity contribution < 1.29 is 47.2 Å². The second-order valence-corrected chi connectivity index (χ2v) is 5.74. The lowest BCUT2D eigenvalue weighted by molar-refractivity contribution is -0.385. The number of alkyl halides is 4. The fraction of sp³-hybridized carbons (Fsp3) is 0.125. The molecule has 0 amide bonds. The van der Waals surface area contributed by atoms with Gasteiger partial charge in [0.2, 0.25) is 0 Å². The van der Waals surface area contributed by atoms with E-state index in [4.69, 9.17) is 10.2 Å². The summed E-state index contributed by atoms with van der Waals surface area (Å²) in [5.74, 6) is -14.1. The maximum absolute atomic E-state index is 14.6. The largest absolute Gasteiger partial charge is 0.477 e. The van der Waals surface area contributed by atoms with Crippen LogP contribution in [0.5, 0.6) is 0 Å². The average molecular weight is 432 g/mol. The zero-order valence-corrected chi connectivity index (χ0v) is 14.2. The predicted molar refractivity (Wildman–Crippen MR) is 87.9 cm³/mol. The number of carboxylic acid groups (broad SMARTS) is 2. The number of nitrogens with zero attached hydrogens (tertiary/aromatic N) is 2. The van der Waals surface area contributed by atoms with Gasteiger partial charge >= 0.3 is 23.8 Å². The highest BCUT2D eigenvalue weighted by molar-refractivity contribution is 5.93. The summed E-state index contributed by atoms with van der Waals surface area (Å²) in [5.41, 5.74) is -8.05. The van der Waals surface area contributed by atoms with E-state index in [-0.39, 0.29) is 24.3 Å². The molecule has 0 saturated heterocycles. The first-order valence-electron chi connectivity index (χ1n) is 7.51. The molecule has 2 N–H and O–H groups in total. The van der Waals surface area contributed by atoms with Gasteiger partial charge in [0.1, 0.15) is 11.1 Å². The van der Waals surface area contributed by atoms with Crippen molar-refractivity contribution in [1.82, 2.24) is 0 Å². The molecule has 0 aliphatic rings. The first-order valence-corrected chi connectivity index (χ1v) is 7.51. The lowest BCUT2D eigenvalue weighted by atomic mass is 9.93. The van der Waals surface area contributed by atoms with Crippen molar-refractivity contribution in [2.45, 2.75) is 11.8 Å². The number of benzene rings is 2. The second kappa shape index (κ2) is 7.38. The number of hydrogen-bond acceptors (Lipinski definition) is 6. The van der Waals surface area contributed by atoms with E-state index < -0.39 is 67.3 Å². The summed E-state index contributed by atoms with van der Waals surface area (Å²) in [6.45, 7) is 0. The van der Waals surface area contributed by atoms with Crippen LogP contribution in [0.3, 0.4) is 0 Å². The van der Waals surface area contributed by atoms with Crippen molar-refractivity contribution >= 4 is 23.3 Å². The van der Waals surface area contributed by atoms with Gasteiger partial charge in [0.25, 0.3) is 11.4 Å². The normalized spacial score (nSPS) is 11.7. The van der Waals surface area contributed by atoms with Crippen LogP contribution in [0.15, 0.2) is 36.4 Å². The summed E-state index contributed by atoms with van der Waals surface area (Å²) in [5, 5.41) is 39.5. The molecule has 0 radical (unpaired) electrons. The van der Waals surface area contributed by atoms with Crippen LogP contribution in [0, 0.1) is 20.2 Å². The quantitative estimate of drug-likeness (QED) is 0.379. The zero-order chi connectivity index (χ0) is 23.0. The van der Waals surface area contributed by atoms with Crippen molar-refractivity contribution in [3.8, 4) is 0 Å². The number of hydrogen-bond donors (Lipinski definition) is 2. The Hall–Kier alpha value is -4.10. The topological polar surface area (TPSA) is 161 Å². The van der Waals surface area contributed by atoms with Gasteiger partial charge in [-0.3, -0.25) is 20.2 Å². The van der Waals surface area contributed by atoms with Gasteiger partial charge in [-0.2, -0.15) is 17.6 Å². The Labute approximate surface area is 162 Å². The van der Waals surface area contributed by atoms with Crippen molar-refractivity contribution in [1.29, 1.82) is 0 Å². The van der Waals surface area contributed by atoms with Gasteiger partial charge < -0.3 is 10.2 Å². The molecule has 0 spiro atoms. The van der Waals surface area contributed by atoms with E-state index in [1.54, 1.807) is 0 Å². The summed E-state index contributed by atoms with van der Waals surface area (Å²) >= 11 is 0. The third-order valence-corrected chi connectivity index (χ3v) is 3.97. The Morgan fingerprint density at radius 1 is 0.733 bits per heavy atom. The highest BCUT2D eigenvalue weighted by Gasteiger charge is 2.59. The zero-order valence-electron chi connectivity index (χ0n) is 14.2. The number of carboxylic acids is 2. The van der Waals surface area contributed by atoms with Crippen LogP contribution >= 0.6 is 0 Å². The molecule has 2 rings (SSSR count). The van der Waals surface area contributed by atoms with E-state index in [2.05, 4.69) is 0 Å². The molecule has 2 aromatic carbocycles. The first kappa shape index (κ1) is 22.2. The number of halogens is 4. The van der Waals surface area contributed by atoms with Crippen LogP contribution in [0.1, 0.15) is 31.8 Å². The van der Waals surface area contributed by atoms with Crippen molar-refractivity contribution in [3.05, 3.63) is 78.9 Å². The molecular formula is C16H8F4N2O8. The molecule has 0 aliphatic carbocycles. The summed E-state index contributed by atoms with van der Waals surface area (Å²) in [6.07, 6.45) is 0. The van der Waals surface area contributed by atoms with Crippen LogP contribution < -0.4 is 0 Å². The minimum absolute atomic E-state index is 0.0443. The van der Waals surface area contributed by atoms with Crippen LogP contribution in [0.25, 0.3) is 0 Å². The SMILES string of the molecule is O=C(O)c1ccc(C(F)(F)C(F)(F)c2ccc(C(=O)O)c([N+](=O)[O-])c2)cc1[N+](=O)[O-]. The molecule has 0 atom stereocenters. The third kappa shape index (κ3) is 3.61. The van der Waals surface area contributed by atoms with Crippen LogP contribution in [-0.2, 0) is 11.8 Å². The smallest absolute Gasteiger partial charge is 0.342 e. The van der Waals surface area contributed by atoms with Gasteiger partial charge in [0, 0.05) is 23.3 Å². The molecule has 2 aromatic rings. The fourth-order valence-electron chi connectivity index (χ4n) is 2.48. The fourth-order valence-corrected chi connectivity index (χ4v) is 2.48. The molecule has 0 aliphatic heterocycles. The number of carbonyl (C=O) groups is 2. The minimum Gasteiger partial charge on any atom is -0.477 e. The number of rotatable bonds is 7. The number of nitro benzene ring substituents is 2. The molecule has 10 nitrogen and oxygen atoms in total. The van der Waals surface area contributed by atoms with Crippen LogP contribution in [0.2, 0.25) is 0 Å². The van der Waals surface area contributed by atoms with Gasteiger partial charge in [-0.15, -0.1) is 0 Å². The van der Waals surface area contributed by atoms with Gasteiger partial charge in [-0.1, -0.05) is 12.1 Å². The molecule has 30 heavy (non-hydrogen) atoms. The minimum atomic E-state index is -5.19. The molecular weight excluding hydrogens is 424 g/mol. The number of nitro groups is 2. The maximum Gasteiger partial charge on any atom is 0.342 e. The highest BCUT2D eigenvalue weighted by Crippen LogP contribution is 2.50. The first-order chi connectivity index (χ1) is 13.7. The molecule has 0 heterocycles. The highest BCUT2D eigenvalue weighted by atomic mass is 19.3. The lowest BCUT2D eigenvalue weighted by Gasteiger charge is -2.27. The van der Waals surface area contributed by atoms with E-state index in [0.717, 1.165) is 0 Å². The van der Waals surface area contributed by atoms with E-state index in [9.17, 15) is 47.4 Å². The molecule has 0 saturated carbocycles. The van der Waals surface area contributed by atoms with E-state index in [0.29, 0.717) is 12.1 Å². The second-order valence-electron chi connectivity index (χ2n) is 5.74. The molecule has 0 unspecified atom stereocenters. The summed E-state index contributed by atoms with van der Waals surface area (Å²) < 4.78 is 58.3. The summed E-state index contributed by atoms with van der Waals surface area (Å²) in [4.78, 5) is 41.0. The molecule has 0 aromatic heterocycles. The number of aromatic carboxylic acids is 2. The van der Waals surface area contributed by atoms with E-state index >= 15 is 0 Å². The average Bonchev–Trinajstić information content (AvgIpc) is 2.66. The monoisotopic (exact) mass is 432 g/mol. The maximum atomic E-state index is 14.6. The molecule has 0 fully saturated rings. The van der Waals surface area contributed by atoms with Gasteiger partial charge in [-0.25, -0.2) is 9.59 Å². The Bertz CT molecular complexity index is 1000. The summed E-state index contributed by atoms with van der Waals surface area (Å²) in [6, 6.07) is 1.08. The third-order valence-electron chi connectivity index (χ3n) is 3.97. The van der Waals surface area contributed by atoms with Crippen molar-refractivity contribution in [3.63, 3.8) is 0 Å². The molecule has 14 heteroatoms. The van der Waals surface area contributed by atoms with Crippen LogP contribution in [-0.4, -0.2) is 32.0 Å². The predicted octanol–water partition coefficient (Wildman–Crippen LogP) is 3.78. The van der Waals surface area contributed by atoms with E-state index in [1.165, 1.54) is 0 Å². The van der Waals surface area contributed by atoms with Crippen molar-refractivity contribution in [2.24, 2.45) is 0 Å². The van der Waals surface area contributed by atoms with Gasteiger partial charge in [-0.05, 0) is 12.1 Å². The lowest BCUT2D eigenvalue weighted by Crippen LogP contribution is -2.36. The summed E-state index contributed by atoms with van der Waals surface area (Å²) in [7, 11) is 0. The van der Waals surface area contributed by atoms with Crippen molar-refractivity contribution in [2.75, 3.05) is 0 Å². The standard InChI is InChI=1S/C16H8F4N2O8/c17-15(18,7-1-3-9(13(23)24)11(5-7)21(27)28)16(19,20)8-2-4-10(14(25)26)12(6-8)22(29)30/h1-6H,(H,23,24)(H,25,26). The van der Waals surface area contributed by atoms with Crippen LogP contribution in [0.4, 0.5) is 28.9 Å². The molecule has 158 valence electrons. The Morgan fingerprint density at radius 2 is 1.03 bits per heavy atom. The Morgan fingerprint density at radius 3 is 1.27 bits per heavy atom. The Kier molecular flexibility index (Phi) is 5.46. The van der Waals surface area contributed by atoms with Gasteiger partial charge in [0.15, 0.2) is 0 Å². The molecule has 0 bridgehead atoms. The Balaban J connectivity index is 2.67. The van der Waals surface area contributed by atoms with E-state index in [1.807, 2.05) is 0 Å². The van der Waals surface area contributed by atoms with Gasteiger partial charge in [0.05, 0.1) is 9.85 Å².